The molecule has 0 radical (unpaired) electrons. The number of nitrogen functional groups attached to an aromatic ring is 1. The van der Waals surface area contributed by atoms with E-state index in [2.05, 4.69) is 44.6 Å². The van der Waals surface area contributed by atoms with Gasteiger partial charge in [0.15, 0.2) is 34.5 Å². The molecule has 0 atom stereocenters. The van der Waals surface area contributed by atoms with Crippen molar-refractivity contribution in [1.82, 2.24) is 15.0 Å². The molecule has 17 nitrogen and oxygen atoms in total. The minimum absolute atomic E-state index is 0.0169. The number of aromatic nitrogens is 3. The van der Waals surface area contributed by atoms with Gasteiger partial charge in [-0.05, 0) is 134 Å². The number of pyridine rings is 3. The number of rotatable bonds is 11. The number of halogens is 3. The molecule has 0 saturated heterocycles. The van der Waals surface area contributed by atoms with E-state index in [9.17, 15) is 14.4 Å². The summed E-state index contributed by atoms with van der Waals surface area (Å²) in [4.78, 5) is 48.9. The number of carbonyl (C=O) groups excluding carboxylic acids is 2. The van der Waals surface area contributed by atoms with Crippen molar-refractivity contribution in [2.24, 2.45) is 0 Å². The Morgan fingerprint density at radius 1 is 0.560 bits per heavy atom. The summed E-state index contributed by atoms with van der Waals surface area (Å²) < 4.78 is 36.9. The number of fused-ring (bicyclic) bond motifs is 3. The van der Waals surface area contributed by atoms with Gasteiger partial charge in [0.25, 0.3) is 0 Å². The predicted octanol–water partition coefficient (Wildman–Crippen LogP) is 12.6. The van der Waals surface area contributed by atoms with Crippen LogP contribution in [0.1, 0.15) is 72.0 Å². The van der Waals surface area contributed by atoms with E-state index in [1.54, 1.807) is 62.1 Å². The molecule has 3 fully saturated rings. The number of carboxylic acid groups (broad SMARTS) is 1. The molecule has 5 N–H and O–H groups in total. The third-order valence-electron chi connectivity index (χ3n) is 14.5. The van der Waals surface area contributed by atoms with Gasteiger partial charge in [-0.25, -0.2) is 9.97 Å². The Labute approximate surface area is 509 Å². The zero-order valence-corrected chi connectivity index (χ0v) is 50.9. The molecule has 14 rings (SSSR count). The molecule has 84 heavy (non-hydrogen) atoms. The van der Waals surface area contributed by atoms with Crippen molar-refractivity contribution in [2.75, 3.05) is 43.9 Å². The van der Waals surface area contributed by atoms with Crippen molar-refractivity contribution in [3.63, 3.8) is 0 Å². The number of anilines is 3. The molecule has 6 heterocycles. The average Bonchev–Trinajstić information content (AvgIpc) is 2.89. The summed E-state index contributed by atoms with van der Waals surface area (Å²) >= 11 is 12.1. The molecule has 8 aromatic rings. The van der Waals surface area contributed by atoms with Crippen LogP contribution in [0.3, 0.4) is 0 Å². The molecule has 3 aromatic heterocycles. The van der Waals surface area contributed by atoms with Crippen molar-refractivity contribution in [3.05, 3.63) is 215 Å². The van der Waals surface area contributed by atoms with Crippen LogP contribution in [0.5, 0.6) is 40.2 Å². The Morgan fingerprint density at radius 3 is 1.40 bits per heavy atom. The molecule has 0 unspecified atom stereocenters. The molecule has 21 heteroatoms. The van der Waals surface area contributed by atoms with Crippen LogP contribution in [-0.2, 0) is 54.4 Å². The number of carbonyl (C=O) groups is 3. The van der Waals surface area contributed by atoms with E-state index in [0.717, 1.165) is 100 Å². The van der Waals surface area contributed by atoms with E-state index in [1.165, 1.54) is 5.56 Å². The van der Waals surface area contributed by atoms with Gasteiger partial charge in [-0.3, -0.25) is 19.4 Å². The van der Waals surface area contributed by atoms with Crippen LogP contribution < -0.4 is 49.5 Å². The fourth-order valence-corrected chi connectivity index (χ4v) is 9.79. The molecule has 3 aliphatic heterocycles. The monoisotopic (exact) mass is 1240 g/mol. The average molecular weight is 1250 g/mol. The molecule has 5 aromatic carbocycles. The Hall–Kier alpha value is -8.28. The number of hydrogen-bond acceptors (Lipinski definition) is 14. The fourth-order valence-electron chi connectivity index (χ4n) is 9.44. The molecule has 0 spiro atoms. The van der Waals surface area contributed by atoms with Gasteiger partial charge in [-0.15, -0.1) is 6.07 Å². The van der Waals surface area contributed by atoms with E-state index >= 15 is 0 Å². The number of nitrogens with two attached hydrogens (primary N) is 1. The van der Waals surface area contributed by atoms with Gasteiger partial charge in [0.05, 0.1) is 23.4 Å². The summed E-state index contributed by atoms with van der Waals surface area (Å²) in [6.45, 7) is 4.45. The molecular weight excluding hydrogens is 1190 g/mol. The first-order valence-electron chi connectivity index (χ1n) is 26.5. The van der Waals surface area contributed by atoms with Gasteiger partial charge in [0, 0.05) is 53.5 Å². The summed E-state index contributed by atoms with van der Waals surface area (Å²) in [5.74, 6) is 4.30. The maximum absolute atomic E-state index is 13.1. The molecule has 3 saturated carbocycles. The van der Waals surface area contributed by atoms with Gasteiger partial charge in [-0.2, -0.15) is 18.6 Å². The zero-order valence-electron chi connectivity index (χ0n) is 45.7. The first kappa shape index (κ1) is 60.3. The summed E-state index contributed by atoms with van der Waals surface area (Å²) in [6.07, 6.45) is 10.3. The van der Waals surface area contributed by atoms with Gasteiger partial charge in [-0.1, -0.05) is 83.9 Å². The standard InChI is InChI=1S/C23H20N2O3.C16H13ClN2O3.C11H10O4.C8H9O.C5H5ClN2.ClH.Zn/c26-22(23(9-10-23)17-6-7-20-21(13-17)28-15-27-20)25-18-8-11-24-19(14-18)12-16-4-2-1-3-5-16;17-14-8-11(3-6-18-14)19-15(20)16(4-5-16)10-1-2-12-13(7-10)22-9-21-12;12-10(13)11(3-4-11)7-1-2-8-9(5-7)15-6-14-8;1-7-5-3-4-6-8(7)9-2;6-5-3-4(7)1-2-8-5;;/h1-8,11,13-14H,9-10,12,15H2,(H,24,25,26);1-3,6-8H,4-5,9H2,(H,18,19,20);1-2,5H,3-4,6H2,(H,12,13);3-6H,1H2,2H3;1-3H,(H2,7,8);1H;/q;;;-1;;;+2/p-1. The Balaban J connectivity index is 0.000000134. The van der Waals surface area contributed by atoms with Gasteiger partial charge in [0.2, 0.25) is 32.2 Å². The summed E-state index contributed by atoms with van der Waals surface area (Å²) in [7, 11) is 6.41. The number of carboxylic acids is 1. The second-order valence-electron chi connectivity index (χ2n) is 20.0. The Kier molecular flexibility index (Phi) is 19.7. The van der Waals surface area contributed by atoms with Gasteiger partial charge in [0.1, 0.15) is 10.3 Å². The van der Waals surface area contributed by atoms with Gasteiger partial charge < -0.3 is 54.6 Å². The molecule has 0 bridgehead atoms. The van der Waals surface area contributed by atoms with Crippen LogP contribution in [0.4, 0.5) is 17.1 Å². The SMILES string of the molecule is Nc1ccnc(Cl)c1.O=C(Nc1ccnc(Cc2ccccc2)c1)C1(c2ccc3c(c2)OCO3)CC1.O=C(Nc1ccnc(Cl)c1)C1(c2ccc3c(c2)OCO3)CC1.O=C(O)C1(c2ccc3c(c2)OCO3)CC1.[CH2-]c1ccccc1OC.[Cl][Zn+]. The van der Waals surface area contributed by atoms with Crippen LogP contribution in [0.2, 0.25) is 10.3 Å². The van der Waals surface area contributed by atoms with E-state index < -0.39 is 22.2 Å². The third-order valence-corrected chi connectivity index (χ3v) is 14.9. The number of benzene rings is 5. The van der Waals surface area contributed by atoms with Crippen molar-refractivity contribution >= 4 is 67.7 Å². The van der Waals surface area contributed by atoms with E-state index in [4.69, 9.17) is 76.9 Å². The van der Waals surface area contributed by atoms with Gasteiger partial charge >= 0.3 is 33.0 Å². The number of hydrogen-bond donors (Lipinski definition) is 4. The number of aliphatic carboxylic acids is 1. The van der Waals surface area contributed by atoms with Crippen LogP contribution in [-0.4, -0.2) is 65.3 Å². The summed E-state index contributed by atoms with van der Waals surface area (Å²) in [5, 5.41) is 15.9. The van der Waals surface area contributed by atoms with E-state index in [-0.39, 0.29) is 32.2 Å². The number of methoxy groups -OCH3 is 1. The van der Waals surface area contributed by atoms with E-state index in [1.807, 2.05) is 97.1 Å². The van der Waals surface area contributed by atoms with Crippen LogP contribution in [0, 0.1) is 6.92 Å². The first-order valence-corrected chi connectivity index (χ1v) is 31.2. The van der Waals surface area contributed by atoms with Crippen LogP contribution >= 0.6 is 32.9 Å². The summed E-state index contributed by atoms with van der Waals surface area (Å²) in [5.41, 5.74) is 11.6. The number of para-hydroxylation sites is 1. The third kappa shape index (κ3) is 14.7. The topological polar surface area (TPSA) is 225 Å². The Bertz CT molecular complexity index is 3610. The maximum atomic E-state index is 13.1. The zero-order chi connectivity index (χ0) is 59.3. The van der Waals surface area contributed by atoms with Crippen molar-refractivity contribution in [1.29, 1.82) is 0 Å². The molecule has 2 amide bonds. The number of ether oxygens (including phenoxy) is 7. The second kappa shape index (κ2) is 27.4. The fraction of sp³-hybridized carbons (Fsp3) is 0.222. The minimum atomic E-state index is -0.749. The van der Waals surface area contributed by atoms with Crippen molar-refractivity contribution in [2.45, 2.75) is 61.2 Å². The summed E-state index contributed by atoms with van der Waals surface area (Å²) in [6, 6.07) is 45.1. The van der Waals surface area contributed by atoms with E-state index in [0.29, 0.717) is 57.5 Å². The number of nitrogens with one attached hydrogen (secondary N) is 2. The van der Waals surface area contributed by atoms with Crippen LogP contribution in [0.25, 0.3) is 0 Å². The van der Waals surface area contributed by atoms with Crippen LogP contribution in [0.15, 0.2) is 164 Å². The quantitative estimate of drug-likeness (QED) is 0.0537. The molecule has 3 aliphatic carbocycles. The normalized spacial score (nSPS) is 15.3. The molecular formula is C63H57Cl3N6O11Zn. The number of amides is 2. The molecule has 6 aliphatic rings. The second-order valence-corrected chi connectivity index (χ2v) is 20.7. The molecule has 428 valence electrons. The number of nitrogens with zero attached hydrogens (tertiary/aromatic N) is 3. The predicted molar refractivity (Wildman–Crippen MR) is 315 cm³/mol. The Morgan fingerprint density at radius 2 is 0.988 bits per heavy atom. The van der Waals surface area contributed by atoms with Crippen molar-refractivity contribution < 1.29 is 70.0 Å². The van der Waals surface area contributed by atoms with Crippen molar-refractivity contribution in [3.8, 4) is 40.2 Å². The first-order chi connectivity index (χ1) is 40.8.